The molecule has 0 aliphatic carbocycles. The summed E-state index contributed by atoms with van der Waals surface area (Å²) in [5.74, 6) is 0.872. The highest BCUT2D eigenvalue weighted by Gasteiger charge is 2.27. The predicted molar refractivity (Wildman–Crippen MR) is 102 cm³/mol. The fourth-order valence-corrected chi connectivity index (χ4v) is 3.41. The molecule has 26 heavy (non-hydrogen) atoms. The lowest BCUT2D eigenvalue weighted by Crippen LogP contribution is -2.26. The Kier molecular flexibility index (Phi) is 4.25. The third-order valence-corrected chi connectivity index (χ3v) is 4.80. The Morgan fingerprint density at radius 2 is 1.96 bits per heavy atom. The summed E-state index contributed by atoms with van der Waals surface area (Å²) < 4.78 is 0. The van der Waals surface area contributed by atoms with Gasteiger partial charge >= 0.3 is 0 Å². The Morgan fingerprint density at radius 1 is 1.12 bits per heavy atom. The van der Waals surface area contributed by atoms with Crippen molar-refractivity contribution in [1.82, 2.24) is 14.9 Å². The standard InChI is InChI=1S/C22H21N3O/c1-3-21-23-12-17-13-25(14-20(17)24-21)22(26)19-10-5-4-9-18(19)16-8-6-7-15(2)11-16/h4-12H,3,13-14H2,1-2H3. The summed E-state index contributed by atoms with van der Waals surface area (Å²) >= 11 is 0. The maximum Gasteiger partial charge on any atom is 0.255 e. The van der Waals surface area contributed by atoms with E-state index in [1.165, 1.54) is 5.56 Å². The molecule has 0 bridgehead atoms. The molecule has 0 N–H and O–H groups in total. The highest BCUT2D eigenvalue weighted by molar-refractivity contribution is 6.01. The fourth-order valence-electron chi connectivity index (χ4n) is 3.41. The van der Waals surface area contributed by atoms with Crippen molar-refractivity contribution >= 4 is 5.91 Å². The van der Waals surface area contributed by atoms with E-state index in [0.717, 1.165) is 40.2 Å². The number of fused-ring (bicyclic) bond motifs is 1. The molecule has 1 amide bonds. The van der Waals surface area contributed by atoms with Gasteiger partial charge in [0.1, 0.15) is 5.82 Å². The zero-order chi connectivity index (χ0) is 18.1. The van der Waals surface area contributed by atoms with Gasteiger partial charge in [-0.25, -0.2) is 9.97 Å². The second-order valence-corrected chi connectivity index (χ2v) is 6.69. The van der Waals surface area contributed by atoms with E-state index in [-0.39, 0.29) is 5.91 Å². The van der Waals surface area contributed by atoms with Crippen LogP contribution < -0.4 is 0 Å². The summed E-state index contributed by atoms with van der Waals surface area (Å²) in [7, 11) is 0. The minimum atomic E-state index is 0.0400. The second kappa shape index (κ2) is 6.71. The third-order valence-electron chi connectivity index (χ3n) is 4.80. The first kappa shape index (κ1) is 16.5. The first-order valence-corrected chi connectivity index (χ1v) is 8.94. The van der Waals surface area contributed by atoms with E-state index >= 15 is 0 Å². The fraction of sp³-hybridized carbons (Fsp3) is 0.227. The van der Waals surface area contributed by atoms with Crippen molar-refractivity contribution in [2.24, 2.45) is 0 Å². The molecule has 0 spiro atoms. The number of aryl methyl sites for hydroxylation is 2. The molecule has 4 rings (SSSR count). The van der Waals surface area contributed by atoms with Crippen molar-refractivity contribution in [3.63, 3.8) is 0 Å². The monoisotopic (exact) mass is 343 g/mol. The number of amides is 1. The van der Waals surface area contributed by atoms with Crippen LogP contribution in [0.3, 0.4) is 0 Å². The average Bonchev–Trinajstić information content (AvgIpc) is 3.10. The summed E-state index contributed by atoms with van der Waals surface area (Å²) in [5, 5.41) is 0. The Balaban J connectivity index is 1.66. The molecular formula is C22H21N3O. The van der Waals surface area contributed by atoms with Gasteiger partial charge in [-0.2, -0.15) is 0 Å². The number of carbonyl (C=O) groups is 1. The first-order chi connectivity index (χ1) is 12.7. The number of rotatable bonds is 3. The zero-order valence-electron chi connectivity index (χ0n) is 15.1. The number of benzene rings is 2. The van der Waals surface area contributed by atoms with Crippen LogP contribution in [-0.2, 0) is 19.5 Å². The lowest BCUT2D eigenvalue weighted by molar-refractivity contribution is 0.0751. The van der Waals surface area contributed by atoms with Gasteiger partial charge in [-0.15, -0.1) is 0 Å². The normalized spacial score (nSPS) is 12.9. The van der Waals surface area contributed by atoms with Crippen LogP contribution >= 0.6 is 0 Å². The maximum atomic E-state index is 13.2. The van der Waals surface area contributed by atoms with Crippen LogP contribution in [0.2, 0.25) is 0 Å². The molecule has 4 heteroatoms. The van der Waals surface area contributed by atoms with E-state index < -0.39 is 0 Å². The summed E-state index contributed by atoms with van der Waals surface area (Å²) in [6.07, 6.45) is 2.67. The molecule has 0 radical (unpaired) electrons. The van der Waals surface area contributed by atoms with E-state index in [4.69, 9.17) is 0 Å². The first-order valence-electron chi connectivity index (χ1n) is 8.94. The van der Waals surface area contributed by atoms with Gasteiger partial charge < -0.3 is 4.90 Å². The third kappa shape index (κ3) is 2.99. The van der Waals surface area contributed by atoms with Crippen LogP contribution in [0, 0.1) is 6.92 Å². The number of nitrogens with zero attached hydrogens (tertiary/aromatic N) is 3. The molecule has 0 atom stereocenters. The molecule has 1 aliphatic rings. The largest absolute Gasteiger partial charge is 0.328 e. The van der Waals surface area contributed by atoms with Gasteiger partial charge in [0, 0.05) is 30.3 Å². The van der Waals surface area contributed by atoms with E-state index in [1.807, 2.05) is 48.4 Å². The Morgan fingerprint density at radius 3 is 2.77 bits per heavy atom. The topological polar surface area (TPSA) is 46.1 Å². The molecule has 0 unspecified atom stereocenters. The Hall–Kier alpha value is -3.01. The van der Waals surface area contributed by atoms with Crippen molar-refractivity contribution in [3.05, 3.63) is 82.9 Å². The second-order valence-electron chi connectivity index (χ2n) is 6.69. The Labute approximate surface area is 153 Å². The molecule has 1 aromatic heterocycles. The van der Waals surface area contributed by atoms with E-state index in [2.05, 4.69) is 35.1 Å². The molecule has 1 aliphatic heterocycles. The van der Waals surface area contributed by atoms with Gasteiger partial charge in [-0.3, -0.25) is 4.79 Å². The Bertz CT molecular complexity index is 981. The SMILES string of the molecule is CCc1ncc2c(n1)CN(C(=O)c1ccccc1-c1cccc(C)c1)C2. The smallest absolute Gasteiger partial charge is 0.255 e. The molecule has 3 aromatic rings. The number of carbonyl (C=O) groups excluding carboxylic acids is 1. The summed E-state index contributed by atoms with van der Waals surface area (Å²) in [6.45, 7) is 5.22. The van der Waals surface area contributed by atoms with Crippen molar-refractivity contribution < 1.29 is 4.79 Å². The van der Waals surface area contributed by atoms with Crippen LogP contribution in [0.1, 0.15) is 39.9 Å². The highest BCUT2D eigenvalue weighted by Crippen LogP contribution is 2.28. The van der Waals surface area contributed by atoms with Crippen LogP contribution in [0.4, 0.5) is 0 Å². The highest BCUT2D eigenvalue weighted by atomic mass is 16.2. The van der Waals surface area contributed by atoms with E-state index in [0.29, 0.717) is 13.1 Å². The summed E-state index contributed by atoms with van der Waals surface area (Å²) in [4.78, 5) is 24.0. The van der Waals surface area contributed by atoms with Crippen LogP contribution in [0.15, 0.2) is 54.7 Å². The molecule has 2 heterocycles. The molecule has 130 valence electrons. The molecule has 0 saturated heterocycles. The lowest BCUT2D eigenvalue weighted by atomic mass is 9.97. The van der Waals surface area contributed by atoms with E-state index in [1.54, 1.807) is 0 Å². The van der Waals surface area contributed by atoms with Crippen LogP contribution in [0.25, 0.3) is 11.1 Å². The summed E-state index contributed by atoms with van der Waals surface area (Å²) in [6, 6.07) is 16.1. The average molecular weight is 343 g/mol. The van der Waals surface area contributed by atoms with Gasteiger partial charge in [-0.05, 0) is 24.1 Å². The minimum absolute atomic E-state index is 0.0400. The molecule has 0 fully saturated rings. The molecule has 2 aromatic carbocycles. The number of hydrogen-bond donors (Lipinski definition) is 0. The molecular weight excluding hydrogens is 322 g/mol. The van der Waals surface area contributed by atoms with Gasteiger partial charge in [0.25, 0.3) is 5.91 Å². The van der Waals surface area contributed by atoms with E-state index in [9.17, 15) is 4.79 Å². The van der Waals surface area contributed by atoms with Gasteiger partial charge in [0.05, 0.1) is 12.2 Å². The quantitative estimate of drug-likeness (QED) is 0.717. The van der Waals surface area contributed by atoms with Crippen molar-refractivity contribution in [3.8, 4) is 11.1 Å². The zero-order valence-corrected chi connectivity index (χ0v) is 15.1. The van der Waals surface area contributed by atoms with Crippen molar-refractivity contribution in [2.75, 3.05) is 0 Å². The number of hydrogen-bond acceptors (Lipinski definition) is 3. The molecule has 0 saturated carbocycles. The van der Waals surface area contributed by atoms with Crippen molar-refractivity contribution in [1.29, 1.82) is 0 Å². The van der Waals surface area contributed by atoms with Crippen molar-refractivity contribution in [2.45, 2.75) is 33.4 Å². The molecule has 4 nitrogen and oxygen atoms in total. The van der Waals surface area contributed by atoms with Gasteiger partial charge in [0.2, 0.25) is 0 Å². The van der Waals surface area contributed by atoms with Crippen LogP contribution in [-0.4, -0.2) is 20.8 Å². The maximum absolute atomic E-state index is 13.2. The minimum Gasteiger partial charge on any atom is -0.328 e. The van der Waals surface area contributed by atoms with Gasteiger partial charge in [0.15, 0.2) is 0 Å². The number of aromatic nitrogens is 2. The summed E-state index contributed by atoms with van der Waals surface area (Å²) in [5.41, 5.74) is 5.97. The predicted octanol–water partition coefficient (Wildman–Crippen LogP) is 4.17. The lowest BCUT2D eigenvalue weighted by Gasteiger charge is -2.18. The van der Waals surface area contributed by atoms with Gasteiger partial charge in [-0.1, -0.05) is 55.0 Å². The van der Waals surface area contributed by atoms with Crippen LogP contribution in [0.5, 0.6) is 0 Å².